The molecule has 29 heavy (non-hydrogen) atoms. The maximum atomic E-state index is 12.8. The van der Waals surface area contributed by atoms with E-state index in [0.29, 0.717) is 26.3 Å². The molecule has 2 aliphatic heterocycles. The number of sulfonamides is 1. The summed E-state index contributed by atoms with van der Waals surface area (Å²) in [5.74, 6) is -1.08. The Morgan fingerprint density at radius 3 is 2.34 bits per heavy atom. The molecule has 0 saturated carbocycles. The van der Waals surface area contributed by atoms with Gasteiger partial charge in [0.05, 0.1) is 28.7 Å². The average Bonchev–Trinajstić information content (AvgIpc) is 3.02. The van der Waals surface area contributed by atoms with Crippen LogP contribution in [0.25, 0.3) is 0 Å². The Labute approximate surface area is 175 Å². The average molecular weight is 445 g/mol. The Morgan fingerprint density at radius 1 is 1.03 bits per heavy atom. The third kappa shape index (κ3) is 5.48. The van der Waals surface area contributed by atoms with E-state index in [1.54, 1.807) is 4.90 Å². The van der Waals surface area contributed by atoms with Crippen LogP contribution < -0.4 is 0 Å². The minimum absolute atomic E-state index is 0.0467. The lowest BCUT2D eigenvalue weighted by molar-refractivity contribution is -0.134. The van der Waals surface area contributed by atoms with Gasteiger partial charge < -0.3 is 14.4 Å². The lowest BCUT2D eigenvalue weighted by Crippen LogP contribution is -2.40. The molecule has 0 N–H and O–H groups in total. The molecule has 2 heterocycles. The lowest BCUT2D eigenvalue weighted by Gasteiger charge is -2.26. The normalized spacial score (nSPS) is 18.9. The molecule has 1 aromatic carbocycles. The van der Waals surface area contributed by atoms with Crippen LogP contribution in [0.2, 0.25) is 5.02 Å². The van der Waals surface area contributed by atoms with Crippen LogP contribution in [0, 0.1) is 0 Å². The summed E-state index contributed by atoms with van der Waals surface area (Å²) < 4.78 is 37.2. The van der Waals surface area contributed by atoms with Gasteiger partial charge in [-0.2, -0.15) is 4.31 Å². The molecule has 3 rings (SSSR count). The van der Waals surface area contributed by atoms with Crippen molar-refractivity contribution in [3.8, 4) is 0 Å². The van der Waals surface area contributed by atoms with Crippen LogP contribution in [0.4, 0.5) is 0 Å². The van der Waals surface area contributed by atoms with E-state index in [1.807, 2.05) is 0 Å². The number of likely N-dealkylation sites (tertiary alicyclic amines) is 1. The number of benzene rings is 1. The topological polar surface area (TPSA) is 93.2 Å². The Balaban J connectivity index is 1.68. The largest absolute Gasteiger partial charge is 0.452 e. The molecular formula is C19H25ClN2O6S. The number of carbonyl (C=O) groups excluding carboxylic acids is 2. The molecule has 0 unspecified atom stereocenters. The molecule has 2 fully saturated rings. The highest BCUT2D eigenvalue weighted by Crippen LogP contribution is 2.24. The van der Waals surface area contributed by atoms with Gasteiger partial charge in [-0.15, -0.1) is 0 Å². The van der Waals surface area contributed by atoms with E-state index in [0.717, 1.165) is 25.7 Å². The van der Waals surface area contributed by atoms with Crippen molar-refractivity contribution in [2.24, 2.45) is 0 Å². The van der Waals surface area contributed by atoms with Gasteiger partial charge in [-0.05, 0) is 31.0 Å². The third-order valence-electron chi connectivity index (χ3n) is 5.05. The smallest absolute Gasteiger partial charge is 0.340 e. The molecule has 2 saturated heterocycles. The first-order valence-electron chi connectivity index (χ1n) is 9.72. The van der Waals surface area contributed by atoms with Crippen molar-refractivity contribution in [3.63, 3.8) is 0 Å². The van der Waals surface area contributed by atoms with Gasteiger partial charge in [-0.3, -0.25) is 4.79 Å². The van der Waals surface area contributed by atoms with E-state index in [4.69, 9.17) is 21.1 Å². The molecule has 0 bridgehead atoms. The van der Waals surface area contributed by atoms with E-state index in [9.17, 15) is 18.0 Å². The Morgan fingerprint density at radius 2 is 1.69 bits per heavy atom. The summed E-state index contributed by atoms with van der Waals surface area (Å²) in [6, 6.07) is 3.90. The van der Waals surface area contributed by atoms with E-state index in [-0.39, 0.29) is 34.5 Å². The second-order valence-corrected chi connectivity index (χ2v) is 9.37. The number of morpholine rings is 1. The Kier molecular flexibility index (Phi) is 7.50. The predicted molar refractivity (Wildman–Crippen MR) is 106 cm³/mol. The van der Waals surface area contributed by atoms with Crippen LogP contribution in [-0.2, 0) is 24.3 Å². The number of carbonyl (C=O) groups is 2. The van der Waals surface area contributed by atoms with Crippen molar-refractivity contribution in [1.29, 1.82) is 0 Å². The highest BCUT2D eigenvalue weighted by atomic mass is 35.5. The number of ether oxygens (including phenoxy) is 2. The molecule has 2 aliphatic rings. The van der Waals surface area contributed by atoms with Crippen LogP contribution >= 0.6 is 11.6 Å². The van der Waals surface area contributed by atoms with Crippen molar-refractivity contribution in [2.75, 3.05) is 46.0 Å². The Bertz CT molecular complexity index is 846. The van der Waals surface area contributed by atoms with Gasteiger partial charge in [0, 0.05) is 26.2 Å². The maximum Gasteiger partial charge on any atom is 0.340 e. The quantitative estimate of drug-likeness (QED) is 0.644. The highest BCUT2D eigenvalue weighted by Gasteiger charge is 2.28. The van der Waals surface area contributed by atoms with Crippen LogP contribution in [0.3, 0.4) is 0 Å². The van der Waals surface area contributed by atoms with E-state index >= 15 is 0 Å². The number of nitrogens with zero attached hydrogens (tertiary/aromatic N) is 2. The number of hydrogen-bond acceptors (Lipinski definition) is 6. The zero-order chi connectivity index (χ0) is 20.9. The third-order valence-corrected chi connectivity index (χ3v) is 7.28. The number of rotatable bonds is 5. The molecule has 0 atom stereocenters. The molecule has 1 aromatic rings. The van der Waals surface area contributed by atoms with Crippen LogP contribution in [0.5, 0.6) is 0 Å². The fraction of sp³-hybridized carbons (Fsp3) is 0.579. The molecular weight excluding hydrogens is 420 g/mol. The molecule has 10 heteroatoms. The fourth-order valence-electron chi connectivity index (χ4n) is 3.37. The molecule has 0 radical (unpaired) electrons. The molecule has 0 aliphatic carbocycles. The fourth-order valence-corrected chi connectivity index (χ4v) is 5.00. The molecule has 0 spiro atoms. The number of halogens is 1. The summed E-state index contributed by atoms with van der Waals surface area (Å²) in [6.07, 6.45) is 4.05. The summed E-state index contributed by atoms with van der Waals surface area (Å²) in [4.78, 5) is 26.4. The first kappa shape index (κ1) is 22.0. The van der Waals surface area contributed by atoms with Gasteiger partial charge in [0.25, 0.3) is 5.91 Å². The lowest BCUT2D eigenvalue weighted by atomic mass is 10.2. The van der Waals surface area contributed by atoms with Crippen molar-refractivity contribution in [3.05, 3.63) is 28.8 Å². The summed E-state index contributed by atoms with van der Waals surface area (Å²) in [6.45, 7) is 2.05. The van der Waals surface area contributed by atoms with Gasteiger partial charge in [0.15, 0.2) is 6.61 Å². The van der Waals surface area contributed by atoms with Crippen molar-refractivity contribution in [1.82, 2.24) is 9.21 Å². The summed E-state index contributed by atoms with van der Waals surface area (Å²) in [7, 11) is -3.78. The minimum Gasteiger partial charge on any atom is -0.452 e. The first-order chi connectivity index (χ1) is 13.9. The molecule has 8 nitrogen and oxygen atoms in total. The van der Waals surface area contributed by atoms with Gasteiger partial charge in [0.2, 0.25) is 10.0 Å². The second kappa shape index (κ2) is 9.88. The zero-order valence-corrected chi connectivity index (χ0v) is 17.7. The predicted octanol–water partition coefficient (Wildman–Crippen LogP) is 1.92. The van der Waals surface area contributed by atoms with E-state index in [1.165, 1.54) is 22.5 Å². The summed E-state index contributed by atoms with van der Waals surface area (Å²) in [5.41, 5.74) is -0.0790. The van der Waals surface area contributed by atoms with Gasteiger partial charge in [0.1, 0.15) is 0 Å². The minimum atomic E-state index is -3.78. The summed E-state index contributed by atoms with van der Waals surface area (Å²) >= 11 is 6.09. The van der Waals surface area contributed by atoms with Gasteiger partial charge >= 0.3 is 5.97 Å². The van der Waals surface area contributed by atoms with Crippen molar-refractivity contribution < 1.29 is 27.5 Å². The van der Waals surface area contributed by atoms with E-state index < -0.39 is 22.6 Å². The molecule has 160 valence electrons. The number of amides is 1. The maximum absolute atomic E-state index is 12.8. The zero-order valence-electron chi connectivity index (χ0n) is 16.1. The van der Waals surface area contributed by atoms with Gasteiger partial charge in [-0.1, -0.05) is 24.4 Å². The summed E-state index contributed by atoms with van der Waals surface area (Å²) in [5, 5.41) is 0.0677. The van der Waals surface area contributed by atoms with Crippen molar-refractivity contribution in [2.45, 2.75) is 30.6 Å². The second-order valence-electron chi connectivity index (χ2n) is 7.03. The Hall–Kier alpha value is -1.68. The first-order valence-corrected chi connectivity index (χ1v) is 11.5. The monoisotopic (exact) mass is 444 g/mol. The van der Waals surface area contributed by atoms with Crippen molar-refractivity contribution >= 4 is 33.5 Å². The number of hydrogen-bond donors (Lipinski definition) is 0. The molecule has 1 amide bonds. The van der Waals surface area contributed by atoms with Gasteiger partial charge in [-0.25, -0.2) is 13.2 Å². The highest BCUT2D eigenvalue weighted by molar-refractivity contribution is 7.89. The van der Waals surface area contributed by atoms with Crippen LogP contribution in [0.15, 0.2) is 23.1 Å². The SMILES string of the molecule is O=C(OCC(=O)N1CCCCCC1)c1cc(S(=O)(=O)N2CCOCC2)ccc1Cl. The number of esters is 1. The van der Waals surface area contributed by atoms with Crippen LogP contribution in [-0.4, -0.2) is 75.5 Å². The van der Waals surface area contributed by atoms with Crippen LogP contribution in [0.1, 0.15) is 36.0 Å². The van der Waals surface area contributed by atoms with E-state index in [2.05, 4.69) is 0 Å². The standard InChI is InChI=1S/C19H25ClN2O6S/c20-17-6-5-15(29(25,26)22-9-11-27-12-10-22)13-16(17)19(24)28-14-18(23)21-7-3-1-2-4-8-21/h5-6,13H,1-4,7-12,14H2. The molecule has 0 aromatic heterocycles.